The molecular formula is C21H24N4O. The quantitative estimate of drug-likeness (QED) is 0.709. The molecule has 2 aromatic heterocycles. The Kier molecular flexibility index (Phi) is 4.86. The van der Waals surface area contributed by atoms with Gasteiger partial charge in [0.05, 0.1) is 6.04 Å². The first-order valence-electron chi connectivity index (χ1n) is 9.29. The maximum absolute atomic E-state index is 13.1. The summed E-state index contributed by atoms with van der Waals surface area (Å²) in [6.07, 6.45) is 8.80. The van der Waals surface area contributed by atoms with E-state index in [4.69, 9.17) is 0 Å². The number of hydrogen-bond acceptors (Lipinski definition) is 2. The van der Waals surface area contributed by atoms with Gasteiger partial charge in [0.25, 0.3) is 5.91 Å². The molecule has 1 amide bonds. The van der Waals surface area contributed by atoms with Crippen LogP contribution < -0.4 is 0 Å². The van der Waals surface area contributed by atoms with Gasteiger partial charge in [-0.1, -0.05) is 30.3 Å². The average molecular weight is 348 g/mol. The van der Waals surface area contributed by atoms with E-state index in [1.165, 1.54) is 5.56 Å². The van der Waals surface area contributed by atoms with Crippen molar-refractivity contribution in [2.45, 2.75) is 31.8 Å². The Morgan fingerprint density at radius 3 is 2.77 bits per heavy atom. The van der Waals surface area contributed by atoms with Gasteiger partial charge >= 0.3 is 0 Å². The van der Waals surface area contributed by atoms with Gasteiger partial charge in [-0.3, -0.25) is 9.48 Å². The van der Waals surface area contributed by atoms with Crippen molar-refractivity contribution in [3.63, 3.8) is 0 Å². The van der Waals surface area contributed by atoms with Crippen LogP contribution in [0, 0.1) is 0 Å². The molecule has 134 valence electrons. The fourth-order valence-corrected chi connectivity index (χ4v) is 3.71. The standard InChI is InChI=1S/C21H24N4O/c26-21(24-14-4-9-19(17-24)25-15-6-12-22-25)20-10-5-13-23(20)16-11-18-7-2-1-3-8-18/h1-3,5-8,10,12-13,15,19H,4,9,11,14,16-17H2/t19-/m0/s1. The first-order valence-corrected chi connectivity index (χ1v) is 9.29. The first-order chi connectivity index (χ1) is 12.8. The zero-order chi connectivity index (χ0) is 17.8. The van der Waals surface area contributed by atoms with E-state index < -0.39 is 0 Å². The minimum Gasteiger partial charge on any atom is -0.343 e. The molecule has 26 heavy (non-hydrogen) atoms. The molecule has 3 aromatic rings. The van der Waals surface area contributed by atoms with Crippen molar-refractivity contribution in [1.29, 1.82) is 0 Å². The van der Waals surface area contributed by atoms with Crippen LogP contribution in [0.2, 0.25) is 0 Å². The van der Waals surface area contributed by atoms with Crippen molar-refractivity contribution in [2.75, 3.05) is 13.1 Å². The Morgan fingerprint density at radius 1 is 1.08 bits per heavy atom. The fraction of sp³-hybridized carbons (Fsp3) is 0.333. The summed E-state index contributed by atoms with van der Waals surface area (Å²) in [6, 6.07) is 16.5. The monoisotopic (exact) mass is 348 g/mol. The highest BCUT2D eigenvalue weighted by atomic mass is 16.2. The van der Waals surface area contributed by atoms with Crippen LogP contribution in [0.25, 0.3) is 0 Å². The molecule has 0 aliphatic carbocycles. The number of nitrogens with zero attached hydrogens (tertiary/aromatic N) is 4. The molecule has 1 fully saturated rings. The van der Waals surface area contributed by atoms with E-state index in [9.17, 15) is 4.79 Å². The Bertz CT molecular complexity index is 838. The molecule has 1 saturated heterocycles. The van der Waals surface area contributed by atoms with Gasteiger partial charge in [0.2, 0.25) is 0 Å². The molecule has 1 aliphatic heterocycles. The van der Waals surface area contributed by atoms with Crippen molar-refractivity contribution < 1.29 is 4.79 Å². The zero-order valence-electron chi connectivity index (χ0n) is 14.9. The summed E-state index contributed by atoms with van der Waals surface area (Å²) in [4.78, 5) is 15.1. The molecule has 0 spiro atoms. The molecule has 1 atom stereocenters. The van der Waals surface area contributed by atoms with Crippen molar-refractivity contribution in [3.05, 3.63) is 78.4 Å². The molecule has 1 aliphatic rings. The Hall–Kier alpha value is -2.82. The number of piperidine rings is 1. The van der Waals surface area contributed by atoms with E-state index in [-0.39, 0.29) is 11.9 Å². The van der Waals surface area contributed by atoms with E-state index in [2.05, 4.69) is 33.9 Å². The number of amides is 1. The number of rotatable bonds is 5. The molecule has 1 aromatic carbocycles. The molecule has 0 unspecified atom stereocenters. The first kappa shape index (κ1) is 16.6. The predicted molar refractivity (Wildman–Crippen MR) is 101 cm³/mol. The zero-order valence-corrected chi connectivity index (χ0v) is 14.9. The summed E-state index contributed by atoms with van der Waals surface area (Å²) in [5, 5.41) is 4.35. The number of carbonyl (C=O) groups excluding carboxylic acids is 1. The fourth-order valence-electron chi connectivity index (χ4n) is 3.71. The van der Waals surface area contributed by atoms with Gasteiger partial charge < -0.3 is 9.47 Å². The lowest BCUT2D eigenvalue weighted by atomic mass is 10.1. The van der Waals surface area contributed by atoms with Gasteiger partial charge in [-0.05, 0) is 43.0 Å². The van der Waals surface area contributed by atoms with E-state index in [1.807, 2.05) is 46.2 Å². The second kappa shape index (κ2) is 7.60. The topological polar surface area (TPSA) is 43.1 Å². The third kappa shape index (κ3) is 3.57. The summed E-state index contributed by atoms with van der Waals surface area (Å²) in [5.74, 6) is 0.125. The molecule has 4 rings (SSSR count). The lowest BCUT2D eigenvalue weighted by molar-refractivity contribution is 0.0662. The van der Waals surface area contributed by atoms with Crippen LogP contribution in [0.5, 0.6) is 0 Å². The van der Waals surface area contributed by atoms with Crippen LogP contribution in [-0.2, 0) is 13.0 Å². The van der Waals surface area contributed by atoms with E-state index in [0.717, 1.165) is 44.6 Å². The third-order valence-corrected chi connectivity index (χ3v) is 5.12. The van der Waals surface area contributed by atoms with E-state index in [1.54, 1.807) is 6.20 Å². The van der Waals surface area contributed by atoms with Crippen LogP contribution in [-0.4, -0.2) is 38.2 Å². The lowest BCUT2D eigenvalue weighted by Gasteiger charge is -2.33. The maximum Gasteiger partial charge on any atom is 0.270 e. The molecule has 0 N–H and O–H groups in total. The molecule has 5 nitrogen and oxygen atoms in total. The van der Waals surface area contributed by atoms with Gasteiger partial charge in [0, 0.05) is 38.2 Å². The summed E-state index contributed by atoms with van der Waals surface area (Å²) in [5.41, 5.74) is 2.07. The Balaban J connectivity index is 1.44. The van der Waals surface area contributed by atoms with Gasteiger partial charge in [-0.15, -0.1) is 0 Å². The lowest BCUT2D eigenvalue weighted by Crippen LogP contribution is -2.41. The van der Waals surface area contributed by atoms with E-state index >= 15 is 0 Å². The van der Waals surface area contributed by atoms with Crippen molar-refractivity contribution in [3.8, 4) is 0 Å². The Labute approximate surface area is 153 Å². The molecule has 0 bridgehead atoms. The highest BCUT2D eigenvalue weighted by Crippen LogP contribution is 2.22. The SMILES string of the molecule is O=C(c1cccn1CCc1ccccc1)N1CCC[C@H](n2cccn2)C1. The number of aryl methyl sites for hydroxylation is 2. The Morgan fingerprint density at radius 2 is 1.96 bits per heavy atom. The molecule has 0 radical (unpaired) electrons. The highest BCUT2D eigenvalue weighted by molar-refractivity contribution is 5.92. The maximum atomic E-state index is 13.1. The van der Waals surface area contributed by atoms with Crippen LogP contribution in [0.15, 0.2) is 67.1 Å². The van der Waals surface area contributed by atoms with Crippen molar-refractivity contribution in [1.82, 2.24) is 19.2 Å². The van der Waals surface area contributed by atoms with Crippen LogP contribution in [0.4, 0.5) is 0 Å². The average Bonchev–Trinajstić information content (AvgIpc) is 3.39. The second-order valence-corrected chi connectivity index (χ2v) is 6.86. The molecule has 5 heteroatoms. The summed E-state index contributed by atoms with van der Waals surface area (Å²) < 4.78 is 4.06. The van der Waals surface area contributed by atoms with Crippen molar-refractivity contribution >= 4 is 5.91 Å². The molecule has 3 heterocycles. The normalized spacial score (nSPS) is 17.4. The number of benzene rings is 1. The molecule has 0 saturated carbocycles. The third-order valence-electron chi connectivity index (χ3n) is 5.12. The van der Waals surface area contributed by atoms with Crippen LogP contribution in [0.1, 0.15) is 34.9 Å². The predicted octanol–water partition coefficient (Wildman–Crippen LogP) is 3.40. The summed E-state index contributed by atoms with van der Waals surface area (Å²) in [6.45, 7) is 2.36. The van der Waals surface area contributed by atoms with Crippen molar-refractivity contribution in [2.24, 2.45) is 0 Å². The summed E-state index contributed by atoms with van der Waals surface area (Å²) >= 11 is 0. The molecular weight excluding hydrogens is 324 g/mol. The largest absolute Gasteiger partial charge is 0.343 e. The van der Waals surface area contributed by atoms with Crippen LogP contribution >= 0.6 is 0 Å². The van der Waals surface area contributed by atoms with Gasteiger partial charge in [0.15, 0.2) is 0 Å². The highest BCUT2D eigenvalue weighted by Gasteiger charge is 2.27. The van der Waals surface area contributed by atoms with E-state index in [0.29, 0.717) is 0 Å². The minimum atomic E-state index is 0.125. The van der Waals surface area contributed by atoms with Gasteiger partial charge in [0.1, 0.15) is 5.69 Å². The number of likely N-dealkylation sites (tertiary alicyclic amines) is 1. The van der Waals surface area contributed by atoms with Crippen LogP contribution in [0.3, 0.4) is 0 Å². The minimum absolute atomic E-state index is 0.125. The number of carbonyl (C=O) groups is 1. The summed E-state index contributed by atoms with van der Waals surface area (Å²) in [7, 11) is 0. The number of aromatic nitrogens is 3. The van der Waals surface area contributed by atoms with Gasteiger partial charge in [-0.2, -0.15) is 5.10 Å². The second-order valence-electron chi connectivity index (χ2n) is 6.86. The number of hydrogen-bond donors (Lipinski definition) is 0. The smallest absolute Gasteiger partial charge is 0.270 e. The van der Waals surface area contributed by atoms with Gasteiger partial charge in [-0.25, -0.2) is 0 Å².